The van der Waals surface area contributed by atoms with E-state index >= 15 is 0 Å². The van der Waals surface area contributed by atoms with Gasteiger partial charge in [-0.2, -0.15) is 0 Å². The molecule has 3 heteroatoms. The van der Waals surface area contributed by atoms with Gasteiger partial charge in [0.1, 0.15) is 0 Å². The molecule has 0 aromatic heterocycles. The first kappa shape index (κ1) is 10.3. The predicted molar refractivity (Wildman–Crippen MR) is 53.6 cm³/mol. The van der Waals surface area contributed by atoms with Gasteiger partial charge in [0.05, 0.1) is 0 Å². The molecular formula is C9H19ClN2. The third-order valence-corrected chi connectivity index (χ3v) is 3.11. The molecule has 72 valence electrons. The fourth-order valence-corrected chi connectivity index (χ4v) is 2.41. The van der Waals surface area contributed by atoms with E-state index in [1.165, 1.54) is 25.9 Å². The van der Waals surface area contributed by atoms with E-state index in [0.717, 1.165) is 18.4 Å². The van der Waals surface area contributed by atoms with Gasteiger partial charge in [-0.1, -0.05) is 0 Å². The molecule has 3 atom stereocenters. The van der Waals surface area contributed by atoms with Crippen molar-refractivity contribution in [3.05, 3.63) is 0 Å². The number of fused-ring (bicyclic) bond motifs is 1. The van der Waals surface area contributed by atoms with Crippen molar-refractivity contribution >= 4 is 12.4 Å². The SMILES string of the molecule is C[C@@H](N)CN1CC2CCC2C1.Cl. The first-order valence-corrected chi connectivity index (χ1v) is 4.73. The highest BCUT2D eigenvalue weighted by Crippen LogP contribution is 2.40. The highest BCUT2D eigenvalue weighted by molar-refractivity contribution is 5.85. The smallest absolute Gasteiger partial charge is 0.0139 e. The third kappa shape index (κ3) is 1.93. The Balaban J connectivity index is 0.000000720. The van der Waals surface area contributed by atoms with Crippen LogP contribution in [0, 0.1) is 11.8 Å². The Morgan fingerprint density at radius 2 is 1.83 bits per heavy atom. The second kappa shape index (κ2) is 3.95. The van der Waals surface area contributed by atoms with Crippen molar-refractivity contribution in [2.45, 2.75) is 25.8 Å². The van der Waals surface area contributed by atoms with Crippen molar-refractivity contribution in [1.29, 1.82) is 0 Å². The number of likely N-dealkylation sites (tertiary alicyclic amines) is 1. The van der Waals surface area contributed by atoms with Gasteiger partial charge in [-0.25, -0.2) is 0 Å². The van der Waals surface area contributed by atoms with Crippen LogP contribution in [0.2, 0.25) is 0 Å². The van der Waals surface area contributed by atoms with E-state index in [4.69, 9.17) is 5.73 Å². The first-order valence-electron chi connectivity index (χ1n) is 4.73. The lowest BCUT2D eigenvalue weighted by molar-refractivity contribution is 0.243. The van der Waals surface area contributed by atoms with Gasteiger partial charge in [0.25, 0.3) is 0 Å². The molecule has 2 rings (SSSR count). The van der Waals surface area contributed by atoms with Crippen LogP contribution in [-0.2, 0) is 0 Å². The number of rotatable bonds is 2. The van der Waals surface area contributed by atoms with Crippen LogP contribution in [0.25, 0.3) is 0 Å². The van der Waals surface area contributed by atoms with E-state index < -0.39 is 0 Å². The molecule has 1 heterocycles. The van der Waals surface area contributed by atoms with Gasteiger partial charge >= 0.3 is 0 Å². The second-order valence-corrected chi connectivity index (χ2v) is 4.29. The highest BCUT2D eigenvalue weighted by Gasteiger charge is 2.38. The Bertz CT molecular complexity index is 135. The maximum Gasteiger partial charge on any atom is 0.0139 e. The normalized spacial score (nSPS) is 36.5. The van der Waals surface area contributed by atoms with Crippen LogP contribution < -0.4 is 5.73 Å². The van der Waals surface area contributed by atoms with Crippen LogP contribution in [0.3, 0.4) is 0 Å². The van der Waals surface area contributed by atoms with Crippen LogP contribution in [-0.4, -0.2) is 30.6 Å². The van der Waals surface area contributed by atoms with E-state index in [-0.39, 0.29) is 12.4 Å². The minimum atomic E-state index is 0. The maximum absolute atomic E-state index is 5.74. The largest absolute Gasteiger partial charge is 0.327 e. The Morgan fingerprint density at radius 1 is 1.33 bits per heavy atom. The lowest BCUT2D eigenvalue weighted by Crippen LogP contribution is -2.33. The molecule has 0 amide bonds. The third-order valence-electron chi connectivity index (χ3n) is 3.11. The summed E-state index contributed by atoms with van der Waals surface area (Å²) in [4.78, 5) is 2.53. The minimum Gasteiger partial charge on any atom is -0.327 e. The number of hydrogen-bond donors (Lipinski definition) is 1. The molecule has 2 aliphatic rings. The Morgan fingerprint density at radius 3 is 2.17 bits per heavy atom. The molecule has 0 spiro atoms. The molecule has 2 nitrogen and oxygen atoms in total. The molecule has 1 aliphatic carbocycles. The zero-order chi connectivity index (χ0) is 7.84. The topological polar surface area (TPSA) is 29.3 Å². The van der Waals surface area contributed by atoms with E-state index in [1.807, 2.05) is 0 Å². The predicted octanol–water partition coefficient (Wildman–Crippen LogP) is 1.10. The second-order valence-electron chi connectivity index (χ2n) is 4.29. The Hall–Kier alpha value is 0.210. The standard InChI is InChI=1S/C9H18N2.ClH/c1-7(10)4-11-5-8-2-3-9(8)6-11;/h7-9H,2-6,10H2,1H3;1H/t7-,8?,9?;/m1./s1. The van der Waals surface area contributed by atoms with E-state index in [0.29, 0.717) is 6.04 Å². The quantitative estimate of drug-likeness (QED) is 0.707. The molecule has 0 radical (unpaired) electrons. The molecule has 2 unspecified atom stereocenters. The Labute approximate surface area is 80.9 Å². The van der Waals surface area contributed by atoms with Gasteiger partial charge in [0.2, 0.25) is 0 Å². The summed E-state index contributed by atoms with van der Waals surface area (Å²) in [6, 6.07) is 0.354. The number of nitrogens with two attached hydrogens (primary N) is 1. The monoisotopic (exact) mass is 190 g/mol. The number of hydrogen-bond acceptors (Lipinski definition) is 2. The van der Waals surface area contributed by atoms with Crippen LogP contribution in [0.1, 0.15) is 19.8 Å². The van der Waals surface area contributed by atoms with Gasteiger partial charge in [0, 0.05) is 25.7 Å². The van der Waals surface area contributed by atoms with Crippen LogP contribution >= 0.6 is 12.4 Å². The zero-order valence-electron chi connectivity index (χ0n) is 7.70. The highest BCUT2D eigenvalue weighted by atomic mass is 35.5. The molecule has 1 aliphatic heterocycles. The zero-order valence-corrected chi connectivity index (χ0v) is 8.52. The summed E-state index contributed by atoms with van der Waals surface area (Å²) in [6.07, 6.45) is 2.94. The number of nitrogens with zero attached hydrogens (tertiary/aromatic N) is 1. The maximum atomic E-state index is 5.74. The summed E-state index contributed by atoms with van der Waals surface area (Å²) in [5.41, 5.74) is 5.74. The van der Waals surface area contributed by atoms with Crippen molar-refractivity contribution in [2.75, 3.05) is 19.6 Å². The van der Waals surface area contributed by atoms with Gasteiger partial charge in [0.15, 0.2) is 0 Å². The van der Waals surface area contributed by atoms with Gasteiger partial charge in [-0.05, 0) is 31.6 Å². The van der Waals surface area contributed by atoms with Crippen LogP contribution in [0.4, 0.5) is 0 Å². The molecule has 2 N–H and O–H groups in total. The van der Waals surface area contributed by atoms with Gasteiger partial charge in [-0.3, -0.25) is 0 Å². The molecule has 0 bridgehead atoms. The van der Waals surface area contributed by atoms with Crippen LogP contribution in [0.15, 0.2) is 0 Å². The Kier molecular flexibility index (Phi) is 3.38. The summed E-state index contributed by atoms with van der Waals surface area (Å²) in [6.45, 7) is 5.85. The van der Waals surface area contributed by atoms with Crippen molar-refractivity contribution in [3.8, 4) is 0 Å². The van der Waals surface area contributed by atoms with Crippen molar-refractivity contribution in [1.82, 2.24) is 4.90 Å². The lowest BCUT2D eigenvalue weighted by Gasteiger charge is -2.28. The molecule has 1 saturated carbocycles. The molecular weight excluding hydrogens is 172 g/mol. The lowest BCUT2D eigenvalue weighted by atomic mass is 9.77. The van der Waals surface area contributed by atoms with Crippen LogP contribution in [0.5, 0.6) is 0 Å². The summed E-state index contributed by atoms with van der Waals surface area (Å²) in [5, 5.41) is 0. The average molecular weight is 191 g/mol. The summed E-state index contributed by atoms with van der Waals surface area (Å²) in [5.74, 6) is 2.07. The molecule has 12 heavy (non-hydrogen) atoms. The minimum absolute atomic E-state index is 0. The van der Waals surface area contributed by atoms with Crippen molar-refractivity contribution < 1.29 is 0 Å². The van der Waals surface area contributed by atoms with Crippen molar-refractivity contribution in [3.63, 3.8) is 0 Å². The average Bonchev–Trinajstić information content (AvgIpc) is 2.12. The molecule has 0 aromatic rings. The van der Waals surface area contributed by atoms with E-state index in [2.05, 4.69) is 11.8 Å². The molecule has 0 aromatic carbocycles. The number of halogens is 1. The molecule has 1 saturated heterocycles. The van der Waals surface area contributed by atoms with Gasteiger partial charge < -0.3 is 10.6 Å². The van der Waals surface area contributed by atoms with E-state index in [9.17, 15) is 0 Å². The summed E-state index contributed by atoms with van der Waals surface area (Å²) in [7, 11) is 0. The van der Waals surface area contributed by atoms with Crippen molar-refractivity contribution in [2.24, 2.45) is 17.6 Å². The molecule has 2 fully saturated rings. The summed E-state index contributed by atoms with van der Waals surface area (Å²) >= 11 is 0. The fourth-order valence-electron chi connectivity index (χ4n) is 2.41. The first-order chi connectivity index (χ1) is 5.25. The van der Waals surface area contributed by atoms with Gasteiger partial charge in [-0.15, -0.1) is 12.4 Å². The van der Waals surface area contributed by atoms with E-state index in [1.54, 1.807) is 0 Å². The fraction of sp³-hybridized carbons (Fsp3) is 1.00. The summed E-state index contributed by atoms with van der Waals surface area (Å²) < 4.78 is 0.